The lowest BCUT2D eigenvalue weighted by Crippen LogP contribution is -2.45. The fourth-order valence-electron chi connectivity index (χ4n) is 2.52. The molecule has 0 aromatic rings. The van der Waals surface area contributed by atoms with Crippen LogP contribution in [0.4, 0.5) is 0 Å². The predicted octanol–water partition coefficient (Wildman–Crippen LogP) is 0.849. The Balaban J connectivity index is 2.10. The zero-order valence-corrected chi connectivity index (χ0v) is 13.3. The number of carbonyl (C=O) groups excluding carboxylic acids is 1. The van der Waals surface area contributed by atoms with Gasteiger partial charge in [-0.15, -0.1) is 0 Å². The van der Waals surface area contributed by atoms with E-state index in [1.54, 1.807) is 7.11 Å². The van der Waals surface area contributed by atoms with Crippen molar-refractivity contribution in [1.82, 2.24) is 15.5 Å². The smallest absolute Gasteiger partial charge is 0.236 e. The summed E-state index contributed by atoms with van der Waals surface area (Å²) >= 11 is 0. The van der Waals surface area contributed by atoms with E-state index in [-0.39, 0.29) is 11.9 Å². The third kappa shape index (κ3) is 6.68. The van der Waals surface area contributed by atoms with Crippen LogP contribution in [-0.4, -0.2) is 63.3 Å². The first kappa shape index (κ1) is 17.4. The zero-order chi connectivity index (χ0) is 14.8. The van der Waals surface area contributed by atoms with Crippen molar-refractivity contribution >= 4 is 5.91 Å². The summed E-state index contributed by atoms with van der Waals surface area (Å²) in [6.45, 7) is 10.0. The molecule has 1 unspecified atom stereocenters. The van der Waals surface area contributed by atoms with E-state index in [9.17, 15) is 4.79 Å². The van der Waals surface area contributed by atoms with Crippen LogP contribution in [0, 0.1) is 5.92 Å². The molecule has 5 nitrogen and oxygen atoms in total. The van der Waals surface area contributed by atoms with Crippen LogP contribution in [0.1, 0.15) is 33.1 Å². The van der Waals surface area contributed by atoms with E-state index in [0.29, 0.717) is 19.1 Å². The van der Waals surface area contributed by atoms with Crippen LogP contribution in [0.25, 0.3) is 0 Å². The highest BCUT2D eigenvalue weighted by Gasteiger charge is 2.19. The monoisotopic (exact) mass is 285 g/mol. The van der Waals surface area contributed by atoms with Gasteiger partial charge in [0.2, 0.25) is 5.91 Å². The molecule has 0 aromatic carbocycles. The summed E-state index contributed by atoms with van der Waals surface area (Å²) in [6.07, 6.45) is 3.34. The van der Waals surface area contributed by atoms with Gasteiger partial charge in [-0.1, -0.05) is 6.92 Å². The summed E-state index contributed by atoms with van der Waals surface area (Å²) in [5, 5.41) is 6.30. The molecule has 0 radical (unpaired) electrons. The van der Waals surface area contributed by atoms with Crippen molar-refractivity contribution in [2.75, 3.05) is 46.4 Å². The van der Waals surface area contributed by atoms with Crippen LogP contribution in [0.5, 0.6) is 0 Å². The van der Waals surface area contributed by atoms with Gasteiger partial charge in [0.1, 0.15) is 0 Å². The fraction of sp³-hybridized carbons (Fsp3) is 0.933. The maximum Gasteiger partial charge on any atom is 0.236 e. The summed E-state index contributed by atoms with van der Waals surface area (Å²) in [6, 6.07) is -0.109. The SMILES string of the molecule is CCN1CCC(CNC(C)C(=O)NCCCOC)CC1. The standard InChI is InChI=1S/C15H31N3O2/c1-4-18-9-6-14(7-10-18)12-17-13(2)15(19)16-8-5-11-20-3/h13-14,17H,4-12H2,1-3H3,(H,16,19). The first-order chi connectivity index (χ1) is 9.67. The number of methoxy groups -OCH3 is 1. The highest BCUT2D eigenvalue weighted by Crippen LogP contribution is 2.15. The lowest BCUT2D eigenvalue weighted by atomic mass is 9.96. The number of carbonyl (C=O) groups is 1. The van der Waals surface area contributed by atoms with Crippen LogP contribution in [-0.2, 0) is 9.53 Å². The van der Waals surface area contributed by atoms with E-state index < -0.39 is 0 Å². The van der Waals surface area contributed by atoms with Crippen LogP contribution < -0.4 is 10.6 Å². The second-order valence-corrected chi connectivity index (χ2v) is 5.64. The van der Waals surface area contributed by atoms with Gasteiger partial charge in [0.05, 0.1) is 6.04 Å². The average molecular weight is 285 g/mol. The Morgan fingerprint density at radius 2 is 2.10 bits per heavy atom. The van der Waals surface area contributed by atoms with Crippen molar-refractivity contribution in [2.45, 2.75) is 39.2 Å². The molecule has 20 heavy (non-hydrogen) atoms. The lowest BCUT2D eigenvalue weighted by Gasteiger charge is -2.31. The number of hydrogen-bond acceptors (Lipinski definition) is 4. The molecule has 1 rings (SSSR count). The third-order valence-electron chi connectivity index (χ3n) is 4.08. The molecule has 0 aromatic heterocycles. The molecule has 0 bridgehead atoms. The van der Waals surface area contributed by atoms with Gasteiger partial charge in [0.15, 0.2) is 0 Å². The van der Waals surface area contributed by atoms with Gasteiger partial charge < -0.3 is 20.3 Å². The second-order valence-electron chi connectivity index (χ2n) is 5.64. The van der Waals surface area contributed by atoms with Crippen molar-refractivity contribution in [1.29, 1.82) is 0 Å². The molecule has 0 aliphatic carbocycles. The Bertz CT molecular complexity index is 266. The van der Waals surface area contributed by atoms with Crippen LogP contribution >= 0.6 is 0 Å². The minimum absolute atomic E-state index is 0.0899. The quantitative estimate of drug-likeness (QED) is 0.617. The maximum atomic E-state index is 11.9. The van der Waals surface area contributed by atoms with E-state index in [1.165, 1.54) is 25.9 Å². The summed E-state index contributed by atoms with van der Waals surface area (Å²) in [7, 11) is 1.68. The van der Waals surface area contributed by atoms with Gasteiger partial charge in [0.25, 0.3) is 0 Å². The Kier molecular flexibility index (Phi) is 8.82. The molecule has 1 aliphatic rings. The maximum absolute atomic E-state index is 11.9. The van der Waals surface area contributed by atoms with Crippen LogP contribution in [0.2, 0.25) is 0 Å². The topological polar surface area (TPSA) is 53.6 Å². The Morgan fingerprint density at radius 1 is 1.40 bits per heavy atom. The molecule has 5 heteroatoms. The molecule has 118 valence electrons. The molecule has 1 amide bonds. The molecule has 0 spiro atoms. The molecular weight excluding hydrogens is 254 g/mol. The number of nitrogens with zero attached hydrogens (tertiary/aromatic N) is 1. The first-order valence-corrected chi connectivity index (χ1v) is 7.89. The molecule has 1 heterocycles. The number of piperidine rings is 1. The predicted molar refractivity (Wildman–Crippen MR) is 81.8 cm³/mol. The minimum Gasteiger partial charge on any atom is -0.385 e. The van der Waals surface area contributed by atoms with E-state index in [4.69, 9.17) is 4.74 Å². The number of hydrogen-bond donors (Lipinski definition) is 2. The lowest BCUT2D eigenvalue weighted by molar-refractivity contribution is -0.122. The Labute approximate surface area is 123 Å². The van der Waals surface area contributed by atoms with Crippen molar-refractivity contribution in [3.8, 4) is 0 Å². The normalized spacial score (nSPS) is 18.9. The van der Waals surface area contributed by atoms with E-state index >= 15 is 0 Å². The van der Waals surface area contributed by atoms with Gasteiger partial charge in [-0.25, -0.2) is 0 Å². The molecule has 0 saturated carbocycles. The summed E-state index contributed by atoms with van der Waals surface area (Å²) < 4.78 is 4.96. The van der Waals surface area contributed by atoms with Crippen molar-refractivity contribution in [2.24, 2.45) is 5.92 Å². The average Bonchev–Trinajstić information content (AvgIpc) is 2.49. The summed E-state index contributed by atoms with van der Waals surface area (Å²) in [5.41, 5.74) is 0. The molecule has 1 saturated heterocycles. The first-order valence-electron chi connectivity index (χ1n) is 7.89. The van der Waals surface area contributed by atoms with E-state index in [0.717, 1.165) is 19.5 Å². The number of ether oxygens (including phenoxy) is 1. The van der Waals surface area contributed by atoms with Gasteiger partial charge in [0, 0.05) is 20.3 Å². The highest BCUT2D eigenvalue weighted by atomic mass is 16.5. The Hall–Kier alpha value is -0.650. The van der Waals surface area contributed by atoms with Crippen molar-refractivity contribution < 1.29 is 9.53 Å². The number of amides is 1. The van der Waals surface area contributed by atoms with E-state index in [2.05, 4.69) is 22.5 Å². The van der Waals surface area contributed by atoms with E-state index in [1.807, 2.05) is 6.92 Å². The van der Waals surface area contributed by atoms with Gasteiger partial charge >= 0.3 is 0 Å². The Morgan fingerprint density at radius 3 is 2.70 bits per heavy atom. The van der Waals surface area contributed by atoms with Gasteiger partial charge in [-0.05, 0) is 58.3 Å². The number of nitrogens with one attached hydrogen (secondary N) is 2. The van der Waals surface area contributed by atoms with Crippen molar-refractivity contribution in [3.63, 3.8) is 0 Å². The van der Waals surface area contributed by atoms with Crippen LogP contribution in [0.15, 0.2) is 0 Å². The fourth-order valence-corrected chi connectivity index (χ4v) is 2.52. The number of rotatable bonds is 9. The summed E-state index contributed by atoms with van der Waals surface area (Å²) in [5.74, 6) is 0.800. The molecule has 1 fully saturated rings. The summed E-state index contributed by atoms with van der Waals surface area (Å²) in [4.78, 5) is 14.3. The number of likely N-dealkylation sites (tertiary alicyclic amines) is 1. The second kappa shape index (κ2) is 10.1. The largest absolute Gasteiger partial charge is 0.385 e. The zero-order valence-electron chi connectivity index (χ0n) is 13.3. The highest BCUT2D eigenvalue weighted by molar-refractivity contribution is 5.81. The van der Waals surface area contributed by atoms with Gasteiger partial charge in [-0.2, -0.15) is 0 Å². The van der Waals surface area contributed by atoms with Gasteiger partial charge in [-0.3, -0.25) is 4.79 Å². The third-order valence-corrected chi connectivity index (χ3v) is 4.08. The minimum atomic E-state index is -0.109. The molecular formula is C15H31N3O2. The molecule has 1 aliphatic heterocycles. The van der Waals surface area contributed by atoms with Crippen LogP contribution in [0.3, 0.4) is 0 Å². The molecule has 1 atom stereocenters. The van der Waals surface area contributed by atoms with Crippen molar-refractivity contribution in [3.05, 3.63) is 0 Å². The molecule has 2 N–H and O–H groups in total.